The second-order valence-corrected chi connectivity index (χ2v) is 5.69. The van der Waals surface area contributed by atoms with E-state index in [0.29, 0.717) is 11.5 Å². The average Bonchev–Trinajstić information content (AvgIpc) is 3.11. The predicted molar refractivity (Wildman–Crippen MR) is 95.3 cm³/mol. The van der Waals surface area contributed by atoms with Crippen molar-refractivity contribution >= 4 is 23.3 Å². The first-order valence-corrected chi connectivity index (χ1v) is 8.14. The zero-order valence-electron chi connectivity index (χ0n) is 13.8. The van der Waals surface area contributed by atoms with E-state index in [9.17, 15) is 13.6 Å². The molecule has 0 saturated carbocycles. The molecule has 0 spiro atoms. The minimum Gasteiger partial charge on any atom is -0.433 e. The molecule has 2 N–H and O–H groups in total. The van der Waals surface area contributed by atoms with E-state index in [4.69, 9.17) is 11.6 Å². The van der Waals surface area contributed by atoms with Gasteiger partial charge in [-0.2, -0.15) is 8.78 Å². The first-order chi connectivity index (χ1) is 13.0. The van der Waals surface area contributed by atoms with Crippen LogP contribution < -0.4 is 15.4 Å². The fourth-order valence-electron chi connectivity index (χ4n) is 2.29. The number of nitrogens with one attached hydrogen (secondary N) is 2. The number of amides is 2. The lowest BCUT2D eigenvalue weighted by molar-refractivity contribution is -0.0497. The summed E-state index contributed by atoms with van der Waals surface area (Å²) in [6.45, 7) is -2.85. The maximum absolute atomic E-state index is 12.2. The summed E-state index contributed by atoms with van der Waals surface area (Å²) in [6, 6.07) is 12.9. The van der Waals surface area contributed by atoms with Gasteiger partial charge in [-0.05, 0) is 30.3 Å². The van der Waals surface area contributed by atoms with E-state index < -0.39 is 12.6 Å². The van der Waals surface area contributed by atoms with E-state index in [1.165, 1.54) is 18.2 Å². The van der Waals surface area contributed by atoms with E-state index in [-0.39, 0.29) is 17.3 Å². The molecule has 0 aliphatic heterocycles. The molecule has 0 aliphatic carbocycles. The maximum atomic E-state index is 12.2. The van der Waals surface area contributed by atoms with Crippen LogP contribution in [0.25, 0.3) is 5.69 Å². The normalized spacial score (nSPS) is 10.7. The lowest BCUT2D eigenvalue weighted by atomic mass is 10.3. The lowest BCUT2D eigenvalue weighted by Gasteiger charge is -2.11. The third-order valence-corrected chi connectivity index (χ3v) is 3.76. The molecule has 0 fully saturated rings. The molecule has 0 unspecified atom stereocenters. The Labute approximate surface area is 157 Å². The van der Waals surface area contributed by atoms with Crippen molar-refractivity contribution in [3.8, 4) is 11.4 Å². The molecule has 3 rings (SSSR count). The number of para-hydroxylation sites is 1. The lowest BCUT2D eigenvalue weighted by Crippen LogP contribution is -2.29. The molecular weight excluding hydrogens is 380 g/mol. The SMILES string of the molecule is O=C(NCc1nncn1-c1ccccc1)Nc1ccc(OC(F)F)c(Cl)c1. The summed E-state index contributed by atoms with van der Waals surface area (Å²) in [4.78, 5) is 12.1. The third-order valence-electron chi connectivity index (χ3n) is 3.47. The van der Waals surface area contributed by atoms with Crippen LogP contribution in [-0.4, -0.2) is 27.4 Å². The highest BCUT2D eigenvalue weighted by molar-refractivity contribution is 6.32. The van der Waals surface area contributed by atoms with Crippen molar-refractivity contribution in [2.24, 2.45) is 0 Å². The van der Waals surface area contributed by atoms with Crippen molar-refractivity contribution in [1.82, 2.24) is 20.1 Å². The van der Waals surface area contributed by atoms with E-state index in [2.05, 4.69) is 25.6 Å². The number of anilines is 1. The largest absolute Gasteiger partial charge is 0.433 e. The van der Waals surface area contributed by atoms with Crippen molar-refractivity contribution in [2.75, 3.05) is 5.32 Å². The van der Waals surface area contributed by atoms with Crippen molar-refractivity contribution in [3.63, 3.8) is 0 Å². The number of rotatable bonds is 6. The van der Waals surface area contributed by atoms with Gasteiger partial charge in [0.2, 0.25) is 0 Å². The Morgan fingerprint density at radius 1 is 1.22 bits per heavy atom. The number of ether oxygens (including phenoxy) is 1. The van der Waals surface area contributed by atoms with Crippen molar-refractivity contribution in [2.45, 2.75) is 13.2 Å². The number of carbonyl (C=O) groups excluding carboxylic acids is 1. The third kappa shape index (κ3) is 4.91. The minimum absolute atomic E-state index is 0.0445. The van der Waals surface area contributed by atoms with E-state index >= 15 is 0 Å². The Bertz CT molecular complexity index is 921. The van der Waals surface area contributed by atoms with Gasteiger partial charge in [0.15, 0.2) is 5.82 Å². The monoisotopic (exact) mass is 393 g/mol. The van der Waals surface area contributed by atoms with Crippen LogP contribution >= 0.6 is 11.6 Å². The molecule has 1 heterocycles. The molecule has 0 radical (unpaired) electrons. The van der Waals surface area contributed by atoms with E-state index in [0.717, 1.165) is 5.69 Å². The number of benzene rings is 2. The van der Waals surface area contributed by atoms with Crippen LogP contribution in [0, 0.1) is 0 Å². The summed E-state index contributed by atoms with van der Waals surface area (Å²) in [7, 11) is 0. The molecule has 7 nitrogen and oxygen atoms in total. The number of nitrogens with zero attached hydrogens (tertiary/aromatic N) is 3. The van der Waals surface area contributed by atoms with E-state index in [1.54, 1.807) is 10.9 Å². The van der Waals surface area contributed by atoms with Gasteiger partial charge in [0.1, 0.15) is 12.1 Å². The molecule has 0 bridgehead atoms. The zero-order chi connectivity index (χ0) is 19.2. The van der Waals surface area contributed by atoms with Crippen molar-refractivity contribution in [1.29, 1.82) is 0 Å². The van der Waals surface area contributed by atoms with Crippen LogP contribution in [-0.2, 0) is 6.54 Å². The number of hydrogen-bond acceptors (Lipinski definition) is 4. The Morgan fingerprint density at radius 2 is 2.00 bits per heavy atom. The summed E-state index contributed by atoms with van der Waals surface area (Å²) >= 11 is 5.85. The maximum Gasteiger partial charge on any atom is 0.387 e. The fourth-order valence-corrected chi connectivity index (χ4v) is 2.51. The van der Waals surface area contributed by atoms with Crippen molar-refractivity contribution < 1.29 is 18.3 Å². The number of urea groups is 1. The molecule has 1 aromatic heterocycles. The van der Waals surface area contributed by atoms with Gasteiger partial charge in [0.05, 0.1) is 11.6 Å². The van der Waals surface area contributed by atoms with E-state index in [1.807, 2.05) is 30.3 Å². The average molecular weight is 394 g/mol. The molecule has 140 valence electrons. The summed E-state index contributed by atoms with van der Waals surface area (Å²) in [5, 5.41) is 13.0. The summed E-state index contributed by atoms with van der Waals surface area (Å²) in [6.07, 6.45) is 1.55. The molecule has 0 aliphatic rings. The predicted octanol–water partition coefficient (Wildman–Crippen LogP) is 3.84. The summed E-state index contributed by atoms with van der Waals surface area (Å²) < 4.78 is 30.4. The van der Waals surface area contributed by atoms with Crippen LogP contribution in [0.1, 0.15) is 5.82 Å². The summed E-state index contributed by atoms with van der Waals surface area (Å²) in [5.41, 5.74) is 1.18. The van der Waals surface area contributed by atoms with Gasteiger partial charge in [-0.1, -0.05) is 29.8 Å². The molecular formula is C17H14ClF2N5O2. The number of aromatic nitrogens is 3. The highest BCUT2D eigenvalue weighted by atomic mass is 35.5. The highest BCUT2D eigenvalue weighted by Gasteiger charge is 2.11. The zero-order valence-corrected chi connectivity index (χ0v) is 14.5. The van der Waals surface area contributed by atoms with Crippen LogP contribution in [0.2, 0.25) is 5.02 Å². The first-order valence-electron chi connectivity index (χ1n) is 7.76. The van der Waals surface area contributed by atoms with Crippen LogP contribution in [0.4, 0.5) is 19.3 Å². The molecule has 27 heavy (non-hydrogen) atoms. The smallest absolute Gasteiger partial charge is 0.387 e. The van der Waals surface area contributed by atoms with Crippen molar-refractivity contribution in [3.05, 3.63) is 65.7 Å². The Hall–Kier alpha value is -3.20. The summed E-state index contributed by atoms with van der Waals surface area (Å²) in [5.74, 6) is 0.364. The number of hydrogen-bond donors (Lipinski definition) is 2. The molecule has 0 atom stereocenters. The molecule has 2 amide bonds. The molecule has 0 saturated heterocycles. The highest BCUT2D eigenvalue weighted by Crippen LogP contribution is 2.28. The molecule has 2 aromatic carbocycles. The molecule has 10 heteroatoms. The Morgan fingerprint density at radius 3 is 2.70 bits per heavy atom. The first kappa shape index (κ1) is 18.6. The van der Waals surface area contributed by atoms with Crippen LogP contribution in [0.5, 0.6) is 5.75 Å². The standard InChI is InChI=1S/C17H14ClF2N5O2/c18-13-8-11(6-7-14(13)27-16(19)20)23-17(26)21-9-15-24-22-10-25(15)12-4-2-1-3-5-12/h1-8,10,16H,9H2,(H2,21,23,26). The minimum atomic E-state index is -2.98. The van der Waals surface area contributed by atoms with Gasteiger partial charge >= 0.3 is 12.6 Å². The van der Waals surface area contributed by atoms with Gasteiger partial charge in [0.25, 0.3) is 0 Å². The van der Waals surface area contributed by atoms with Crippen LogP contribution in [0.15, 0.2) is 54.9 Å². The number of halogens is 3. The second-order valence-electron chi connectivity index (χ2n) is 5.28. The van der Waals surface area contributed by atoms with Gasteiger partial charge in [-0.3, -0.25) is 4.57 Å². The Balaban J connectivity index is 1.60. The molecule has 3 aromatic rings. The Kier molecular flexibility index (Phi) is 5.82. The van der Waals surface area contributed by atoms with Gasteiger partial charge in [-0.15, -0.1) is 10.2 Å². The second kappa shape index (κ2) is 8.45. The topological polar surface area (TPSA) is 81.1 Å². The fraction of sp³-hybridized carbons (Fsp3) is 0.118. The quantitative estimate of drug-likeness (QED) is 0.666. The number of carbonyl (C=O) groups is 1. The van der Waals surface area contributed by atoms with Gasteiger partial charge in [-0.25, -0.2) is 4.79 Å². The van der Waals surface area contributed by atoms with Gasteiger partial charge < -0.3 is 15.4 Å². The van der Waals surface area contributed by atoms with Gasteiger partial charge in [0, 0.05) is 11.4 Å². The number of alkyl halides is 2. The van der Waals surface area contributed by atoms with Crippen LogP contribution in [0.3, 0.4) is 0 Å².